The average molecular weight is 277 g/mol. The Bertz CT molecular complexity index is 149. The van der Waals surface area contributed by atoms with Gasteiger partial charge in [-0.3, -0.25) is 0 Å². The van der Waals surface area contributed by atoms with Gasteiger partial charge in [0.25, 0.3) is 0 Å². The van der Waals surface area contributed by atoms with E-state index in [1.807, 2.05) is 6.92 Å². The highest BCUT2D eigenvalue weighted by molar-refractivity contribution is 9.09. The van der Waals surface area contributed by atoms with E-state index < -0.39 is 12.3 Å². The highest BCUT2D eigenvalue weighted by atomic mass is 79.9. The number of ether oxygens (including phenoxy) is 1. The van der Waals surface area contributed by atoms with Crippen molar-refractivity contribution in [2.45, 2.75) is 39.0 Å². The van der Waals surface area contributed by atoms with Gasteiger partial charge < -0.3 is 4.74 Å². The Morgan fingerprint density at radius 3 is 2.29 bits per heavy atom. The fraction of sp³-hybridized carbons (Fsp3) is 1.00. The molecule has 0 fully saturated rings. The lowest BCUT2D eigenvalue weighted by Crippen LogP contribution is -2.30. The molecule has 0 spiro atoms. The average Bonchev–Trinajstić information content (AvgIpc) is 2.10. The molecule has 86 valence electrons. The highest BCUT2D eigenvalue weighted by Crippen LogP contribution is 2.23. The summed E-state index contributed by atoms with van der Waals surface area (Å²) in [6, 6.07) is 0. The van der Waals surface area contributed by atoms with Crippen LogP contribution in [0, 0.1) is 5.92 Å². The van der Waals surface area contributed by atoms with Crippen LogP contribution in [-0.2, 0) is 4.74 Å². The van der Waals surface area contributed by atoms with Crippen molar-refractivity contribution in [1.29, 1.82) is 0 Å². The summed E-state index contributed by atoms with van der Waals surface area (Å²) in [5, 5.41) is 0.686. The number of halogens is 4. The maximum Gasteiger partial charge on any atom is 0.414 e. The molecule has 1 nitrogen and oxygen atoms in total. The second kappa shape index (κ2) is 6.67. The standard InChI is InChI=1S/C9H16BrF3O/c1-3-4-8(5-10)6-14-7(2)9(11,12)13/h7-8H,3-6H2,1-2H3. The molecule has 5 heteroatoms. The summed E-state index contributed by atoms with van der Waals surface area (Å²) in [4.78, 5) is 0. The normalized spacial score (nSPS) is 16.7. The van der Waals surface area contributed by atoms with Crippen molar-refractivity contribution in [3.05, 3.63) is 0 Å². The minimum atomic E-state index is -4.25. The van der Waals surface area contributed by atoms with Gasteiger partial charge in [-0.15, -0.1) is 0 Å². The maximum atomic E-state index is 12.1. The summed E-state index contributed by atoms with van der Waals surface area (Å²) in [5.41, 5.74) is 0. The second-order valence-corrected chi connectivity index (χ2v) is 3.97. The van der Waals surface area contributed by atoms with Crippen molar-refractivity contribution in [3.63, 3.8) is 0 Å². The van der Waals surface area contributed by atoms with Crippen LogP contribution in [0.3, 0.4) is 0 Å². The lowest BCUT2D eigenvalue weighted by Gasteiger charge is -2.19. The molecule has 0 rings (SSSR count). The molecular formula is C9H16BrF3O. The first kappa shape index (κ1) is 14.2. The summed E-state index contributed by atoms with van der Waals surface area (Å²) in [5.74, 6) is 0.171. The Kier molecular flexibility index (Phi) is 6.78. The molecule has 0 amide bonds. The zero-order valence-electron chi connectivity index (χ0n) is 8.40. The Hall–Kier alpha value is 0.230. The van der Waals surface area contributed by atoms with E-state index in [-0.39, 0.29) is 12.5 Å². The number of rotatable bonds is 6. The van der Waals surface area contributed by atoms with Gasteiger partial charge in [-0.25, -0.2) is 0 Å². The number of hydrogen-bond donors (Lipinski definition) is 0. The van der Waals surface area contributed by atoms with E-state index in [4.69, 9.17) is 4.74 Å². The molecule has 2 unspecified atom stereocenters. The zero-order valence-corrected chi connectivity index (χ0v) is 9.99. The van der Waals surface area contributed by atoms with Gasteiger partial charge in [-0.05, 0) is 19.3 Å². The number of hydrogen-bond acceptors (Lipinski definition) is 1. The first-order chi connectivity index (χ1) is 6.41. The van der Waals surface area contributed by atoms with Crippen molar-refractivity contribution < 1.29 is 17.9 Å². The molecule has 0 N–H and O–H groups in total. The highest BCUT2D eigenvalue weighted by Gasteiger charge is 2.37. The third-order valence-corrected chi connectivity index (χ3v) is 2.87. The summed E-state index contributed by atoms with van der Waals surface area (Å²) in [6.07, 6.45) is -4.07. The molecule has 0 aromatic rings. The van der Waals surface area contributed by atoms with Crippen molar-refractivity contribution in [2.75, 3.05) is 11.9 Å². The van der Waals surface area contributed by atoms with E-state index in [1.54, 1.807) is 0 Å². The first-order valence-corrected chi connectivity index (χ1v) is 5.78. The largest absolute Gasteiger partial charge is 0.414 e. The van der Waals surface area contributed by atoms with Gasteiger partial charge in [0.15, 0.2) is 6.10 Å². The quantitative estimate of drug-likeness (QED) is 0.671. The van der Waals surface area contributed by atoms with Gasteiger partial charge in [0.2, 0.25) is 0 Å². The minimum Gasteiger partial charge on any atom is -0.369 e. The lowest BCUT2D eigenvalue weighted by atomic mass is 10.1. The molecule has 0 aliphatic carbocycles. The Labute approximate surface area is 91.1 Å². The molecule has 0 aliphatic rings. The molecule has 0 heterocycles. The fourth-order valence-corrected chi connectivity index (χ4v) is 1.50. The second-order valence-electron chi connectivity index (χ2n) is 3.33. The third kappa shape index (κ3) is 5.86. The third-order valence-electron chi connectivity index (χ3n) is 1.96. The fourth-order valence-electron chi connectivity index (χ4n) is 0.988. The van der Waals surface area contributed by atoms with Crippen molar-refractivity contribution in [3.8, 4) is 0 Å². The van der Waals surface area contributed by atoms with E-state index in [2.05, 4.69) is 15.9 Å². The zero-order chi connectivity index (χ0) is 11.2. The van der Waals surface area contributed by atoms with Crippen LogP contribution in [0.25, 0.3) is 0 Å². The molecular weight excluding hydrogens is 261 g/mol. The predicted octanol–water partition coefficient (Wildman–Crippen LogP) is 3.77. The summed E-state index contributed by atoms with van der Waals surface area (Å²) < 4.78 is 40.9. The summed E-state index contributed by atoms with van der Waals surface area (Å²) >= 11 is 3.26. The van der Waals surface area contributed by atoms with E-state index in [0.29, 0.717) is 5.33 Å². The molecule has 0 aliphatic heterocycles. The Balaban J connectivity index is 3.79. The summed E-state index contributed by atoms with van der Waals surface area (Å²) in [6.45, 7) is 3.21. The van der Waals surface area contributed by atoms with Crippen LogP contribution in [0.4, 0.5) is 13.2 Å². The van der Waals surface area contributed by atoms with Crippen LogP contribution in [-0.4, -0.2) is 24.2 Å². The Morgan fingerprint density at radius 2 is 1.93 bits per heavy atom. The van der Waals surface area contributed by atoms with Crippen molar-refractivity contribution in [1.82, 2.24) is 0 Å². The van der Waals surface area contributed by atoms with Crippen LogP contribution in [0.2, 0.25) is 0 Å². The van der Waals surface area contributed by atoms with E-state index in [9.17, 15) is 13.2 Å². The van der Waals surface area contributed by atoms with Gasteiger partial charge in [0.05, 0.1) is 6.61 Å². The lowest BCUT2D eigenvalue weighted by molar-refractivity contribution is -0.216. The van der Waals surface area contributed by atoms with Crippen LogP contribution in [0.1, 0.15) is 26.7 Å². The van der Waals surface area contributed by atoms with Gasteiger partial charge in [0.1, 0.15) is 0 Å². The first-order valence-electron chi connectivity index (χ1n) is 4.66. The smallest absolute Gasteiger partial charge is 0.369 e. The molecule has 0 aromatic carbocycles. The van der Waals surface area contributed by atoms with Gasteiger partial charge in [-0.1, -0.05) is 29.3 Å². The Morgan fingerprint density at radius 1 is 1.36 bits per heavy atom. The van der Waals surface area contributed by atoms with Crippen molar-refractivity contribution in [2.24, 2.45) is 5.92 Å². The predicted molar refractivity (Wildman–Crippen MR) is 53.7 cm³/mol. The van der Waals surface area contributed by atoms with Gasteiger partial charge in [0, 0.05) is 5.33 Å². The molecule has 2 atom stereocenters. The number of alkyl halides is 4. The van der Waals surface area contributed by atoms with Gasteiger partial charge in [-0.2, -0.15) is 13.2 Å². The summed E-state index contributed by atoms with van der Waals surface area (Å²) in [7, 11) is 0. The molecule has 0 radical (unpaired) electrons. The van der Waals surface area contributed by atoms with Crippen LogP contribution in [0.15, 0.2) is 0 Å². The van der Waals surface area contributed by atoms with E-state index in [1.165, 1.54) is 0 Å². The molecule has 0 bridgehead atoms. The van der Waals surface area contributed by atoms with E-state index >= 15 is 0 Å². The molecule has 0 saturated heterocycles. The van der Waals surface area contributed by atoms with Crippen LogP contribution >= 0.6 is 15.9 Å². The minimum absolute atomic E-state index is 0.166. The molecule has 14 heavy (non-hydrogen) atoms. The molecule has 0 saturated carbocycles. The van der Waals surface area contributed by atoms with E-state index in [0.717, 1.165) is 19.8 Å². The maximum absolute atomic E-state index is 12.1. The van der Waals surface area contributed by atoms with Crippen LogP contribution in [0.5, 0.6) is 0 Å². The topological polar surface area (TPSA) is 9.23 Å². The van der Waals surface area contributed by atoms with Crippen molar-refractivity contribution >= 4 is 15.9 Å². The van der Waals surface area contributed by atoms with Gasteiger partial charge >= 0.3 is 6.18 Å². The molecule has 0 aromatic heterocycles. The SMILES string of the molecule is CCCC(CBr)COC(C)C(F)(F)F. The van der Waals surface area contributed by atoms with Crippen LogP contribution < -0.4 is 0 Å². The monoisotopic (exact) mass is 276 g/mol.